The standard InChI is InChI=1S/C30H26N2O4S/c1-34-23-11-7-5-9-19(23)17-26-29(33)32-28(20-13-15-24(35-2)25(16-20)36-3)22-14-12-18-8-4-6-10-21(18)27(22)31-30(32)37-26/h4-11,13,15-17,28H,12,14H2,1-3H3/b26-17-/t28-/m1/s1. The number of aromatic nitrogens is 1. The van der Waals surface area contributed by atoms with E-state index in [1.807, 2.05) is 59.2 Å². The van der Waals surface area contributed by atoms with E-state index >= 15 is 0 Å². The minimum absolute atomic E-state index is 0.0696. The minimum Gasteiger partial charge on any atom is -0.496 e. The quantitative estimate of drug-likeness (QED) is 0.401. The lowest BCUT2D eigenvalue weighted by Gasteiger charge is -2.31. The monoisotopic (exact) mass is 510 g/mol. The number of allylic oxidation sites excluding steroid dienone is 1. The average Bonchev–Trinajstić information content (AvgIpc) is 3.25. The van der Waals surface area contributed by atoms with Gasteiger partial charge in [0, 0.05) is 11.1 Å². The average molecular weight is 511 g/mol. The molecule has 0 N–H and O–H groups in total. The van der Waals surface area contributed by atoms with Crippen LogP contribution in [0.5, 0.6) is 17.2 Å². The molecule has 37 heavy (non-hydrogen) atoms. The zero-order valence-electron chi connectivity index (χ0n) is 20.9. The van der Waals surface area contributed by atoms with E-state index in [9.17, 15) is 4.79 Å². The molecule has 1 aliphatic carbocycles. The summed E-state index contributed by atoms with van der Waals surface area (Å²) in [5, 5.41) is 0. The number of benzene rings is 3. The molecular formula is C30H26N2O4S. The van der Waals surface area contributed by atoms with E-state index < -0.39 is 0 Å². The lowest BCUT2D eigenvalue weighted by molar-refractivity contribution is 0.354. The second kappa shape index (κ2) is 9.41. The van der Waals surface area contributed by atoms with Crippen LogP contribution in [0.2, 0.25) is 0 Å². The smallest absolute Gasteiger partial charge is 0.271 e. The molecule has 2 heterocycles. The van der Waals surface area contributed by atoms with Crippen molar-refractivity contribution >= 4 is 23.1 Å². The molecule has 0 saturated heterocycles. The van der Waals surface area contributed by atoms with Crippen LogP contribution < -0.4 is 29.1 Å². The molecule has 6 nitrogen and oxygen atoms in total. The molecular weight excluding hydrogens is 484 g/mol. The summed E-state index contributed by atoms with van der Waals surface area (Å²) >= 11 is 1.40. The Morgan fingerprint density at radius 2 is 1.65 bits per heavy atom. The number of rotatable bonds is 5. The summed E-state index contributed by atoms with van der Waals surface area (Å²) in [4.78, 5) is 19.7. The summed E-state index contributed by atoms with van der Waals surface area (Å²) in [5.41, 5.74) is 6.27. The zero-order valence-corrected chi connectivity index (χ0v) is 21.7. The summed E-state index contributed by atoms with van der Waals surface area (Å²) in [7, 11) is 4.88. The summed E-state index contributed by atoms with van der Waals surface area (Å²) in [6.07, 6.45) is 3.62. The molecule has 6 rings (SSSR count). The number of ether oxygens (including phenoxy) is 3. The largest absolute Gasteiger partial charge is 0.496 e. The molecule has 1 aliphatic heterocycles. The predicted octanol–water partition coefficient (Wildman–Crippen LogP) is 4.34. The maximum Gasteiger partial charge on any atom is 0.271 e. The van der Waals surface area contributed by atoms with Gasteiger partial charge in [-0.15, -0.1) is 0 Å². The van der Waals surface area contributed by atoms with Gasteiger partial charge in [0.15, 0.2) is 16.3 Å². The summed E-state index contributed by atoms with van der Waals surface area (Å²) in [5.74, 6) is 2.00. The van der Waals surface area contributed by atoms with Gasteiger partial charge in [0.25, 0.3) is 5.56 Å². The first-order chi connectivity index (χ1) is 18.1. The molecule has 4 aromatic rings. The maximum absolute atomic E-state index is 14.0. The van der Waals surface area contributed by atoms with Gasteiger partial charge in [-0.2, -0.15) is 0 Å². The van der Waals surface area contributed by atoms with Gasteiger partial charge in [-0.3, -0.25) is 9.36 Å². The summed E-state index contributed by atoms with van der Waals surface area (Å²) < 4.78 is 19.1. The van der Waals surface area contributed by atoms with Crippen molar-refractivity contribution in [1.82, 2.24) is 4.57 Å². The minimum atomic E-state index is -0.292. The summed E-state index contributed by atoms with van der Waals surface area (Å²) in [6, 6.07) is 21.7. The highest BCUT2D eigenvalue weighted by atomic mass is 32.1. The van der Waals surface area contributed by atoms with Crippen LogP contribution in [0.15, 0.2) is 82.1 Å². The van der Waals surface area contributed by atoms with Gasteiger partial charge in [-0.1, -0.05) is 59.9 Å². The molecule has 3 aromatic carbocycles. The lowest BCUT2D eigenvalue weighted by atomic mass is 9.83. The SMILES string of the molecule is COc1ccccc1/C=c1\sc2n(c1=O)[C@H](c1ccc(OC)c(OC)c1)C1=C(N=2)c2ccccc2CC1. The Bertz CT molecular complexity index is 1730. The van der Waals surface area contributed by atoms with Crippen LogP contribution in [0.4, 0.5) is 0 Å². The van der Waals surface area contributed by atoms with Gasteiger partial charge >= 0.3 is 0 Å². The predicted molar refractivity (Wildman–Crippen MR) is 145 cm³/mol. The van der Waals surface area contributed by atoms with E-state index in [0.717, 1.165) is 46.6 Å². The lowest BCUT2D eigenvalue weighted by Crippen LogP contribution is -2.38. The molecule has 7 heteroatoms. The second-order valence-corrected chi connectivity index (χ2v) is 9.98. The number of hydrogen-bond acceptors (Lipinski definition) is 6. The number of hydrogen-bond donors (Lipinski definition) is 0. The maximum atomic E-state index is 14.0. The Labute approximate surface area is 218 Å². The third-order valence-electron chi connectivity index (χ3n) is 7.02. The first-order valence-corrected chi connectivity index (χ1v) is 12.9. The number of thiazole rings is 1. The normalized spacial score (nSPS) is 16.4. The Kier molecular flexibility index (Phi) is 5.93. The van der Waals surface area contributed by atoms with Crippen LogP contribution >= 0.6 is 11.3 Å². The van der Waals surface area contributed by atoms with E-state index in [0.29, 0.717) is 20.8 Å². The van der Waals surface area contributed by atoms with Crippen molar-refractivity contribution in [2.24, 2.45) is 4.99 Å². The van der Waals surface area contributed by atoms with E-state index in [1.54, 1.807) is 21.3 Å². The molecule has 0 radical (unpaired) electrons. The topological polar surface area (TPSA) is 62.0 Å². The van der Waals surface area contributed by atoms with Gasteiger partial charge in [0.05, 0.1) is 37.6 Å². The van der Waals surface area contributed by atoms with Crippen LogP contribution in [0.3, 0.4) is 0 Å². The van der Waals surface area contributed by atoms with Crippen molar-refractivity contribution in [2.75, 3.05) is 21.3 Å². The Balaban J connectivity index is 1.63. The van der Waals surface area contributed by atoms with Gasteiger partial charge in [0.2, 0.25) is 0 Å². The van der Waals surface area contributed by atoms with E-state index in [1.165, 1.54) is 16.9 Å². The Morgan fingerprint density at radius 3 is 2.46 bits per heavy atom. The first-order valence-electron chi connectivity index (χ1n) is 12.1. The van der Waals surface area contributed by atoms with Crippen LogP contribution in [0.25, 0.3) is 11.8 Å². The van der Waals surface area contributed by atoms with E-state index in [2.05, 4.69) is 18.2 Å². The van der Waals surface area contributed by atoms with Gasteiger partial charge in [-0.25, -0.2) is 4.99 Å². The molecule has 0 bridgehead atoms. The molecule has 1 aromatic heterocycles. The van der Waals surface area contributed by atoms with E-state index in [-0.39, 0.29) is 11.6 Å². The highest BCUT2D eigenvalue weighted by Crippen LogP contribution is 2.42. The van der Waals surface area contributed by atoms with Crippen molar-refractivity contribution < 1.29 is 14.2 Å². The fourth-order valence-corrected chi connectivity index (χ4v) is 6.26. The van der Waals surface area contributed by atoms with Gasteiger partial charge in [0.1, 0.15) is 5.75 Å². The van der Waals surface area contributed by atoms with Crippen molar-refractivity contribution in [3.8, 4) is 17.2 Å². The number of aryl methyl sites for hydroxylation is 1. The van der Waals surface area contributed by atoms with Crippen LogP contribution in [0, 0.1) is 0 Å². The number of methoxy groups -OCH3 is 3. The Hall–Kier alpha value is -4.10. The zero-order chi connectivity index (χ0) is 25.5. The molecule has 0 spiro atoms. The number of nitrogens with zero attached hydrogens (tertiary/aromatic N) is 2. The highest BCUT2D eigenvalue weighted by Gasteiger charge is 2.33. The number of para-hydroxylation sites is 1. The van der Waals surface area contributed by atoms with E-state index in [4.69, 9.17) is 19.2 Å². The molecule has 2 aliphatic rings. The molecule has 0 fully saturated rings. The van der Waals surface area contributed by atoms with Crippen molar-refractivity contribution in [3.63, 3.8) is 0 Å². The second-order valence-electron chi connectivity index (χ2n) is 8.97. The van der Waals surface area contributed by atoms with Crippen LogP contribution in [0.1, 0.15) is 34.7 Å². The van der Waals surface area contributed by atoms with Gasteiger partial charge < -0.3 is 14.2 Å². The molecule has 1 atom stereocenters. The fourth-order valence-electron chi connectivity index (χ4n) is 5.27. The molecule has 0 unspecified atom stereocenters. The fraction of sp³-hybridized carbons (Fsp3) is 0.200. The third kappa shape index (κ3) is 3.86. The van der Waals surface area contributed by atoms with Crippen LogP contribution in [-0.4, -0.2) is 25.9 Å². The van der Waals surface area contributed by atoms with Crippen LogP contribution in [-0.2, 0) is 6.42 Å². The Morgan fingerprint density at radius 1 is 0.892 bits per heavy atom. The summed E-state index contributed by atoms with van der Waals surface area (Å²) in [6.45, 7) is 0. The number of fused-ring (bicyclic) bond motifs is 3. The highest BCUT2D eigenvalue weighted by molar-refractivity contribution is 7.07. The molecule has 0 saturated carbocycles. The molecule has 0 amide bonds. The van der Waals surface area contributed by atoms with Crippen molar-refractivity contribution in [2.45, 2.75) is 18.9 Å². The third-order valence-corrected chi connectivity index (χ3v) is 8.00. The molecule has 186 valence electrons. The van der Waals surface area contributed by atoms with Gasteiger partial charge in [-0.05, 0) is 53.8 Å². The van der Waals surface area contributed by atoms with Crippen molar-refractivity contribution in [3.05, 3.63) is 114 Å². The van der Waals surface area contributed by atoms with Crippen molar-refractivity contribution in [1.29, 1.82) is 0 Å². The first kappa shape index (κ1) is 23.3.